The second kappa shape index (κ2) is 11.2. The minimum absolute atomic E-state index is 0.0586. The summed E-state index contributed by atoms with van der Waals surface area (Å²) in [6.45, 7) is 2.53. The smallest absolute Gasteiger partial charge is 0.237 e. The molecule has 30 heavy (non-hydrogen) atoms. The van der Waals surface area contributed by atoms with E-state index in [1.165, 1.54) is 32.1 Å². The van der Waals surface area contributed by atoms with E-state index < -0.39 is 6.04 Å². The van der Waals surface area contributed by atoms with E-state index >= 15 is 0 Å². The van der Waals surface area contributed by atoms with Crippen molar-refractivity contribution < 1.29 is 19.1 Å². The van der Waals surface area contributed by atoms with Gasteiger partial charge in [-0.2, -0.15) is 0 Å². The maximum absolute atomic E-state index is 12.5. The van der Waals surface area contributed by atoms with Gasteiger partial charge in [0.15, 0.2) is 0 Å². The summed E-state index contributed by atoms with van der Waals surface area (Å²) < 4.78 is 10.7. The zero-order valence-corrected chi connectivity index (χ0v) is 18.2. The molecule has 1 aromatic carbocycles. The number of benzene rings is 1. The summed E-state index contributed by atoms with van der Waals surface area (Å²) >= 11 is 0. The van der Waals surface area contributed by atoms with Crippen LogP contribution in [0.5, 0.6) is 11.5 Å². The number of methoxy groups -OCH3 is 2. The lowest BCUT2D eigenvalue weighted by Gasteiger charge is -2.34. The largest absolute Gasteiger partial charge is 0.497 e. The molecule has 1 atom stereocenters. The van der Waals surface area contributed by atoms with E-state index in [-0.39, 0.29) is 18.2 Å². The fourth-order valence-electron chi connectivity index (χ4n) is 4.53. The Morgan fingerprint density at radius 1 is 1.17 bits per heavy atom. The van der Waals surface area contributed by atoms with Gasteiger partial charge in [-0.05, 0) is 36.5 Å². The summed E-state index contributed by atoms with van der Waals surface area (Å²) in [5.41, 5.74) is 0.989. The normalized spacial score (nSPS) is 20.1. The highest BCUT2D eigenvalue weighted by molar-refractivity contribution is 5.88. The monoisotopic (exact) mass is 417 g/mol. The molecule has 0 radical (unpaired) electrons. The van der Waals surface area contributed by atoms with E-state index in [9.17, 15) is 9.59 Å². The molecule has 0 spiro atoms. The Labute approximate surface area is 179 Å². The third kappa shape index (κ3) is 6.36. The molecule has 2 aliphatic rings. The number of amides is 2. The van der Waals surface area contributed by atoms with Gasteiger partial charge in [-0.25, -0.2) is 0 Å². The van der Waals surface area contributed by atoms with Crippen molar-refractivity contribution in [3.8, 4) is 11.5 Å². The number of rotatable bonds is 10. The van der Waals surface area contributed by atoms with Gasteiger partial charge in [-0.15, -0.1) is 0 Å². The van der Waals surface area contributed by atoms with Crippen LogP contribution in [0.3, 0.4) is 0 Å². The molecule has 1 saturated heterocycles. The number of hydrogen-bond acceptors (Lipinski definition) is 5. The van der Waals surface area contributed by atoms with Crippen LogP contribution < -0.4 is 20.1 Å². The lowest BCUT2D eigenvalue weighted by molar-refractivity contribution is -0.134. The highest BCUT2D eigenvalue weighted by atomic mass is 16.5. The molecular weight excluding hydrogens is 382 g/mol. The van der Waals surface area contributed by atoms with Crippen molar-refractivity contribution in [3.05, 3.63) is 23.8 Å². The van der Waals surface area contributed by atoms with Crippen LogP contribution in [-0.2, 0) is 16.1 Å². The number of ether oxygens (including phenoxy) is 2. The topological polar surface area (TPSA) is 79.9 Å². The van der Waals surface area contributed by atoms with Gasteiger partial charge in [0.1, 0.15) is 11.5 Å². The minimum atomic E-state index is -0.467. The van der Waals surface area contributed by atoms with Crippen molar-refractivity contribution in [2.75, 3.05) is 33.9 Å². The molecule has 7 nitrogen and oxygen atoms in total. The van der Waals surface area contributed by atoms with Gasteiger partial charge in [0.2, 0.25) is 11.8 Å². The van der Waals surface area contributed by atoms with Gasteiger partial charge in [-0.3, -0.25) is 14.5 Å². The van der Waals surface area contributed by atoms with E-state index in [1.54, 1.807) is 14.2 Å². The summed E-state index contributed by atoms with van der Waals surface area (Å²) in [5, 5.41) is 5.90. The van der Waals surface area contributed by atoms with Gasteiger partial charge in [0.25, 0.3) is 0 Å². The van der Waals surface area contributed by atoms with E-state index in [0.29, 0.717) is 37.7 Å². The average molecular weight is 418 g/mol. The molecule has 7 heteroatoms. The SMILES string of the molecule is COc1cc(CN2CCNC(=O)C2CC(=O)NCCCC2CCCC2)cc(OC)c1. The number of hydrogen-bond donors (Lipinski definition) is 2. The van der Waals surface area contributed by atoms with E-state index in [2.05, 4.69) is 15.5 Å². The number of nitrogens with one attached hydrogen (secondary N) is 2. The Balaban J connectivity index is 1.53. The van der Waals surface area contributed by atoms with Gasteiger partial charge in [-0.1, -0.05) is 25.7 Å². The summed E-state index contributed by atoms with van der Waals surface area (Å²) in [6, 6.07) is 5.23. The highest BCUT2D eigenvalue weighted by Gasteiger charge is 2.31. The molecule has 0 aromatic heterocycles. The molecule has 3 rings (SSSR count). The van der Waals surface area contributed by atoms with Crippen LogP contribution in [0.2, 0.25) is 0 Å². The van der Waals surface area contributed by atoms with Gasteiger partial charge < -0.3 is 20.1 Å². The lowest BCUT2D eigenvalue weighted by atomic mass is 10.0. The molecule has 2 amide bonds. The van der Waals surface area contributed by atoms with Gasteiger partial charge >= 0.3 is 0 Å². The quantitative estimate of drug-likeness (QED) is 0.572. The second-order valence-corrected chi connectivity index (χ2v) is 8.35. The first-order valence-corrected chi connectivity index (χ1v) is 11.1. The molecule has 1 aromatic rings. The first-order chi connectivity index (χ1) is 14.6. The molecule has 1 unspecified atom stereocenters. The minimum Gasteiger partial charge on any atom is -0.497 e. The molecular formula is C23H35N3O4. The van der Waals surface area contributed by atoms with Crippen LogP contribution in [0, 0.1) is 5.92 Å². The summed E-state index contributed by atoms with van der Waals surface area (Å²) in [7, 11) is 3.24. The van der Waals surface area contributed by atoms with E-state index in [1.807, 2.05) is 18.2 Å². The second-order valence-electron chi connectivity index (χ2n) is 8.35. The van der Waals surface area contributed by atoms with E-state index in [0.717, 1.165) is 17.9 Å². The third-order valence-corrected chi connectivity index (χ3v) is 6.20. The van der Waals surface area contributed by atoms with E-state index in [4.69, 9.17) is 9.47 Å². The predicted molar refractivity (Wildman–Crippen MR) is 116 cm³/mol. The molecule has 1 saturated carbocycles. The maximum atomic E-state index is 12.5. The zero-order valence-electron chi connectivity index (χ0n) is 18.2. The summed E-state index contributed by atoms with van der Waals surface area (Å²) in [6.07, 6.45) is 7.75. The molecule has 2 N–H and O–H groups in total. The third-order valence-electron chi connectivity index (χ3n) is 6.20. The van der Waals surface area contributed by atoms with Crippen molar-refractivity contribution in [2.45, 2.75) is 57.5 Å². The fourth-order valence-corrected chi connectivity index (χ4v) is 4.53. The van der Waals surface area contributed by atoms with Crippen LogP contribution in [0.15, 0.2) is 18.2 Å². The van der Waals surface area contributed by atoms with Crippen molar-refractivity contribution in [2.24, 2.45) is 5.92 Å². The lowest BCUT2D eigenvalue weighted by Crippen LogP contribution is -2.56. The van der Waals surface area contributed by atoms with Crippen LogP contribution in [0.4, 0.5) is 0 Å². The first kappa shape index (κ1) is 22.4. The summed E-state index contributed by atoms with van der Waals surface area (Å²) in [4.78, 5) is 27.1. The molecule has 1 aliphatic carbocycles. The van der Waals surface area contributed by atoms with Crippen LogP contribution in [0.25, 0.3) is 0 Å². The number of piperazine rings is 1. The van der Waals surface area contributed by atoms with Crippen LogP contribution in [0.1, 0.15) is 50.5 Å². The molecule has 0 bridgehead atoms. The van der Waals surface area contributed by atoms with Crippen molar-refractivity contribution in [3.63, 3.8) is 0 Å². The fraction of sp³-hybridized carbons (Fsp3) is 0.652. The van der Waals surface area contributed by atoms with Crippen molar-refractivity contribution in [1.29, 1.82) is 0 Å². The number of carbonyl (C=O) groups excluding carboxylic acids is 2. The van der Waals surface area contributed by atoms with Gasteiger partial charge in [0, 0.05) is 32.2 Å². The maximum Gasteiger partial charge on any atom is 0.237 e. The molecule has 166 valence electrons. The van der Waals surface area contributed by atoms with Crippen LogP contribution in [-0.4, -0.2) is 56.6 Å². The average Bonchev–Trinajstić information content (AvgIpc) is 3.27. The van der Waals surface area contributed by atoms with Crippen molar-refractivity contribution >= 4 is 11.8 Å². The Bertz CT molecular complexity index is 696. The Kier molecular flexibility index (Phi) is 8.37. The first-order valence-electron chi connectivity index (χ1n) is 11.1. The Morgan fingerprint density at radius 3 is 2.53 bits per heavy atom. The summed E-state index contributed by atoms with van der Waals surface area (Å²) in [5.74, 6) is 2.11. The number of nitrogens with zero attached hydrogens (tertiary/aromatic N) is 1. The Hall–Kier alpha value is -2.28. The van der Waals surface area contributed by atoms with Crippen LogP contribution >= 0.6 is 0 Å². The zero-order chi connectivity index (χ0) is 21.3. The standard InChI is InChI=1S/C23H35N3O4/c1-29-19-12-18(13-20(14-19)30-2)16-26-11-10-25-23(28)21(26)15-22(27)24-9-5-8-17-6-3-4-7-17/h12-14,17,21H,3-11,15-16H2,1-2H3,(H,24,27)(H,25,28). The predicted octanol–water partition coefficient (Wildman–Crippen LogP) is 2.48. The molecule has 1 aliphatic heterocycles. The highest BCUT2D eigenvalue weighted by Crippen LogP contribution is 2.28. The van der Waals surface area contributed by atoms with Crippen molar-refractivity contribution in [1.82, 2.24) is 15.5 Å². The molecule has 1 heterocycles. The molecule has 2 fully saturated rings. The van der Waals surface area contributed by atoms with Gasteiger partial charge in [0.05, 0.1) is 26.7 Å². The number of carbonyl (C=O) groups is 2. The Morgan fingerprint density at radius 2 is 1.87 bits per heavy atom.